The Bertz CT molecular complexity index is 3150. The van der Waals surface area contributed by atoms with E-state index in [2.05, 4.69) is 69.6 Å². The molecular weight excluding hydrogens is 805 g/mol. The third kappa shape index (κ3) is 7.84. The lowest BCUT2D eigenvalue weighted by Crippen LogP contribution is -2.33. The molecule has 0 unspecified atom stereocenters. The maximum atomic E-state index is 13.7. The third-order valence-corrected chi connectivity index (χ3v) is 11.4. The average Bonchev–Trinajstić information content (AvgIpc) is 3.90. The number of hydrogen-bond acceptors (Lipinski definition) is 10. The van der Waals surface area contributed by atoms with E-state index in [1.807, 2.05) is 97.5 Å². The number of H-pyrrole nitrogens is 2. The molecule has 61 heavy (non-hydrogen) atoms. The number of aryl methyl sites for hydroxylation is 3. The summed E-state index contributed by atoms with van der Waals surface area (Å²) in [4.78, 5) is 58.8. The van der Waals surface area contributed by atoms with Gasteiger partial charge in [-0.3, -0.25) is 14.2 Å². The van der Waals surface area contributed by atoms with E-state index in [0.717, 1.165) is 79.2 Å². The molecule has 6 aromatic heterocycles. The highest BCUT2D eigenvalue weighted by Crippen LogP contribution is 2.35. The maximum Gasteiger partial charge on any atom is 0.263 e. The second-order valence-electron chi connectivity index (χ2n) is 15.3. The van der Waals surface area contributed by atoms with Crippen molar-refractivity contribution in [2.24, 2.45) is 0 Å². The summed E-state index contributed by atoms with van der Waals surface area (Å²) in [7, 11) is 0. The summed E-state index contributed by atoms with van der Waals surface area (Å²) in [5.74, 6) is 1.33. The third-order valence-electron chi connectivity index (χ3n) is 11.4. The number of hydrogen-bond donors (Lipinski definition) is 4. The number of pyridine rings is 2. The van der Waals surface area contributed by atoms with Crippen LogP contribution in [0.4, 0.5) is 11.6 Å². The predicted octanol–water partition coefficient (Wildman–Crippen LogP) is 8.55. The van der Waals surface area contributed by atoms with Crippen molar-refractivity contribution in [2.75, 3.05) is 10.6 Å². The Labute approximate surface area is 365 Å². The lowest BCUT2D eigenvalue weighted by molar-refractivity contribution is 0.298. The predicted molar refractivity (Wildman–Crippen MR) is 253 cm³/mol. The van der Waals surface area contributed by atoms with Gasteiger partial charge in [-0.2, -0.15) is 27.0 Å². The van der Waals surface area contributed by atoms with Crippen LogP contribution in [0.5, 0.6) is 0 Å². The van der Waals surface area contributed by atoms with Crippen LogP contribution < -0.4 is 21.8 Å². The molecule has 4 N–H and O–H groups in total. The van der Waals surface area contributed by atoms with Crippen molar-refractivity contribution in [3.8, 4) is 5.69 Å². The zero-order chi connectivity index (χ0) is 40.8. The van der Waals surface area contributed by atoms with Crippen LogP contribution in [0.1, 0.15) is 79.3 Å². The molecule has 6 heterocycles. The minimum Gasteiger partial charge on any atom is -0.360 e. The summed E-state index contributed by atoms with van der Waals surface area (Å²) in [5.41, 5.74) is 8.53. The van der Waals surface area contributed by atoms with Gasteiger partial charge in [0.25, 0.3) is 11.1 Å². The average molecular weight is 853 g/mol. The fourth-order valence-corrected chi connectivity index (χ4v) is 8.17. The number of aromatic amines is 2. The molecule has 0 saturated heterocycles. The Balaban J connectivity index is 0.000000179. The van der Waals surface area contributed by atoms with Crippen molar-refractivity contribution in [3.63, 3.8) is 0 Å². The smallest absolute Gasteiger partial charge is 0.263 e. The topological polar surface area (TPSA) is 177 Å². The van der Waals surface area contributed by atoms with Crippen molar-refractivity contribution < 1.29 is 0 Å². The molecule has 312 valence electrons. The van der Waals surface area contributed by atoms with E-state index < -0.39 is 0 Å². The summed E-state index contributed by atoms with van der Waals surface area (Å²) in [6, 6.07) is 24.1. The molecule has 1 aliphatic carbocycles. The number of rotatable bonds is 8. The first-order chi connectivity index (χ1) is 28.7. The zero-order valence-electron chi connectivity index (χ0n) is 34.5. The molecule has 2 atom stereocenters. The highest BCUT2D eigenvalue weighted by atomic mass is 32.1. The molecule has 0 bridgehead atoms. The van der Waals surface area contributed by atoms with Crippen LogP contribution in [0, 0.1) is 20.8 Å². The van der Waals surface area contributed by atoms with E-state index in [9.17, 15) is 9.59 Å². The monoisotopic (exact) mass is 852 g/mol. The number of aromatic nitrogens is 10. The van der Waals surface area contributed by atoms with E-state index in [0.29, 0.717) is 22.9 Å². The summed E-state index contributed by atoms with van der Waals surface area (Å²) >= 11 is 0. The van der Waals surface area contributed by atoms with E-state index in [4.69, 9.17) is 0 Å². The second-order valence-corrected chi connectivity index (χ2v) is 15.3. The van der Waals surface area contributed by atoms with E-state index in [1.165, 1.54) is 19.1 Å². The highest BCUT2D eigenvalue weighted by molar-refractivity contribution is 7.59. The molecule has 9 aromatic rings. The first-order valence-electron chi connectivity index (χ1n) is 19.8. The van der Waals surface area contributed by atoms with Gasteiger partial charge in [-0.15, -0.1) is 0 Å². The summed E-state index contributed by atoms with van der Waals surface area (Å²) in [6.45, 7) is 10.1. The number of fused-ring (bicyclic) bond motifs is 4. The summed E-state index contributed by atoms with van der Waals surface area (Å²) in [5, 5.41) is 10.4. The Morgan fingerprint density at radius 3 is 1.67 bits per heavy atom. The number of nitrogens with one attached hydrogen (secondary N) is 4. The van der Waals surface area contributed by atoms with Gasteiger partial charge in [-0.25, -0.2) is 29.9 Å². The lowest BCUT2D eigenvalue weighted by atomic mass is 9.91. The van der Waals surface area contributed by atoms with Crippen LogP contribution in [0.15, 0.2) is 108 Å². The van der Waals surface area contributed by atoms with Crippen molar-refractivity contribution >= 4 is 82.5 Å². The van der Waals surface area contributed by atoms with Crippen LogP contribution >= 0.6 is 27.0 Å². The Morgan fingerprint density at radius 2 is 1.13 bits per heavy atom. The second kappa shape index (κ2) is 17.6. The molecule has 1 aliphatic rings. The normalized spacial score (nSPS) is 13.5. The van der Waals surface area contributed by atoms with E-state index in [-0.39, 0.29) is 56.2 Å². The van der Waals surface area contributed by atoms with Crippen molar-refractivity contribution in [3.05, 3.63) is 147 Å². The highest BCUT2D eigenvalue weighted by Gasteiger charge is 2.27. The Kier molecular flexibility index (Phi) is 12.3. The number of anilines is 2. The van der Waals surface area contributed by atoms with E-state index >= 15 is 0 Å². The number of para-hydroxylation sites is 1. The number of imidazole rings is 2. The molecule has 3 aromatic carbocycles. The quantitative estimate of drug-likeness (QED) is 0.116. The lowest BCUT2D eigenvalue weighted by Gasteiger charge is -2.32. The van der Waals surface area contributed by atoms with Gasteiger partial charge in [0.2, 0.25) is 0 Å². The first-order valence-corrected chi connectivity index (χ1v) is 19.8. The van der Waals surface area contributed by atoms with Crippen LogP contribution in [0.2, 0.25) is 0 Å². The number of benzene rings is 3. The van der Waals surface area contributed by atoms with Gasteiger partial charge in [0.05, 0.1) is 41.2 Å². The molecule has 0 aliphatic heterocycles. The van der Waals surface area contributed by atoms with Crippen molar-refractivity contribution in [1.29, 1.82) is 0 Å². The minimum absolute atomic E-state index is 0. The fourth-order valence-electron chi connectivity index (χ4n) is 8.17. The standard InChI is InChI=1S/C24H22N6O.C21H22N6O.2H2S/c1-14-7-4-5-10-18(14)30-19(11-17-9-6-8-15(2)20(17)24(30)31)16(3)29-23-21-22(26-12-25-21)27-13-28-23;1-12-5-3-6-14-9-16(27(15-7-4-8-15)21(28)17(12)14)13(2)26-20-18-19(23-10-22-18)24-11-25-20;;/h4-13,16H,1-3H3,(H2,25,26,27,28,29);3,5-6,9-11,13,15H,4,7-8H2,1-2H3,(H2,22,23,24,25,26);2*1H2/t16-;13-;;/m00../s1. The van der Waals surface area contributed by atoms with E-state index in [1.54, 1.807) is 12.7 Å². The summed E-state index contributed by atoms with van der Waals surface area (Å²) < 4.78 is 3.82. The van der Waals surface area contributed by atoms with Crippen LogP contribution in [-0.2, 0) is 0 Å². The molecule has 16 heteroatoms. The molecular formula is C45H48N12O2S2. The van der Waals surface area contributed by atoms with Gasteiger partial charge in [-0.1, -0.05) is 54.6 Å². The Morgan fingerprint density at radius 1 is 0.623 bits per heavy atom. The van der Waals surface area contributed by atoms with Gasteiger partial charge in [0.15, 0.2) is 22.9 Å². The largest absolute Gasteiger partial charge is 0.360 e. The van der Waals surface area contributed by atoms with Gasteiger partial charge in [-0.05, 0) is 99.5 Å². The minimum atomic E-state index is -0.210. The molecule has 1 saturated carbocycles. The molecule has 0 amide bonds. The van der Waals surface area contributed by atoms with Gasteiger partial charge >= 0.3 is 0 Å². The van der Waals surface area contributed by atoms with Crippen LogP contribution in [-0.4, -0.2) is 49.0 Å². The molecule has 0 spiro atoms. The van der Waals surface area contributed by atoms with Crippen LogP contribution in [0.3, 0.4) is 0 Å². The van der Waals surface area contributed by atoms with Crippen molar-refractivity contribution in [2.45, 2.75) is 72.0 Å². The SMILES string of the molecule is Cc1cccc2cc([C@H](C)Nc3ncnc4nc[nH]c34)n(C3CCC3)c(=O)c12.Cc1ccccc1-n1c([C@H](C)Nc2ncnc3nc[nH]c23)cc2cccc(C)c2c1=O.S.S. The molecule has 14 nitrogen and oxygen atoms in total. The van der Waals surface area contributed by atoms with Gasteiger partial charge in [0.1, 0.15) is 23.7 Å². The number of nitrogens with zero attached hydrogens (tertiary/aromatic N) is 8. The maximum absolute atomic E-state index is 13.7. The Hall–Kier alpha value is -6.52. The van der Waals surface area contributed by atoms with Crippen molar-refractivity contribution in [1.82, 2.24) is 49.0 Å². The zero-order valence-corrected chi connectivity index (χ0v) is 36.5. The molecule has 0 radical (unpaired) electrons. The van der Waals surface area contributed by atoms with Crippen LogP contribution in [0.25, 0.3) is 49.6 Å². The first kappa shape index (κ1) is 42.6. The molecule has 1 fully saturated rings. The molecule has 10 rings (SSSR count). The summed E-state index contributed by atoms with van der Waals surface area (Å²) in [6.07, 6.45) is 9.46. The van der Waals surface area contributed by atoms with Gasteiger partial charge in [0, 0.05) is 17.4 Å². The fraction of sp³-hybridized carbons (Fsp3) is 0.244. The van der Waals surface area contributed by atoms with Gasteiger partial charge < -0.3 is 25.2 Å².